The molecule has 3 aromatic rings. The zero-order valence-electron chi connectivity index (χ0n) is 16.8. The van der Waals surface area contributed by atoms with Gasteiger partial charge in [-0.2, -0.15) is 0 Å². The van der Waals surface area contributed by atoms with E-state index in [2.05, 4.69) is 55.5 Å². The minimum Gasteiger partial charge on any atom is -1.00 e. The van der Waals surface area contributed by atoms with Gasteiger partial charge in [0.25, 0.3) is 0 Å². The minimum atomic E-state index is -2.07. The summed E-state index contributed by atoms with van der Waals surface area (Å²) in [4.78, 5) is 12.1. The molecule has 0 radical (unpaired) electrons. The number of halogens is 1. The van der Waals surface area contributed by atoms with Crippen LogP contribution in [0.3, 0.4) is 0 Å². The van der Waals surface area contributed by atoms with Crippen LogP contribution in [0.1, 0.15) is 43.0 Å². The first-order valence-electron chi connectivity index (χ1n) is 10.0. The summed E-state index contributed by atoms with van der Waals surface area (Å²) in [7, 11) is -2.07. The lowest BCUT2D eigenvalue weighted by atomic mass is 10.2. The fourth-order valence-electron chi connectivity index (χ4n) is 3.93. The third kappa shape index (κ3) is 5.15. The smallest absolute Gasteiger partial charge is 0.339 e. The number of carboxylic acid groups (broad SMARTS) is 1. The van der Waals surface area contributed by atoms with Gasteiger partial charge in [0.2, 0.25) is 0 Å². The van der Waals surface area contributed by atoms with Crippen LogP contribution in [0.5, 0.6) is 0 Å². The lowest BCUT2D eigenvalue weighted by Crippen LogP contribution is -3.00. The van der Waals surface area contributed by atoms with E-state index in [0.29, 0.717) is 5.56 Å². The maximum atomic E-state index is 12.1. The molecule has 2 nitrogen and oxygen atoms in total. The van der Waals surface area contributed by atoms with Crippen molar-refractivity contribution in [3.63, 3.8) is 0 Å². The van der Waals surface area contributed by atoms with Crippen molar-refractivity contribution < 1.29 is 26.9 Å². The number of rotatable bonds is 9. The first-order valence-corrected chi connectivity index (χ1v) is 12.0. The van der Waals surface area contributed by atoms with Gasteiger partial charge >= 0.3 is 5.97 Å². The van der Waals surface area contributed by atoms with Crippen molar-refractivity contribution in [2.45, 2.75) is 32.6 Å². The highest BCUT2D eigenvalue weighted by molar-refractivity contribution is 7.95. The zero-order valence-corrected chi connectivity index (χ0v) is 19.3. The monoisotopic (exact) mass is 470 g/mol. The van der Waals surface area contributed by atoms with E-state index in [-0.39, 0.29) is 17.0 Å². The average molecular weight is 471 g/mol. The standard InChI is InChI=1S/C25H27O2P.BrH/c1-2-3-4-13-20-28(21-14-7-5-8-15-21,22-16-9-6-10-17-22)24-19-12-11-18-23(24)25(26)27;/h5-12,14-19H,2-4,13,20H2,1H3;1H. The number of aromatic carboxylic acids is 1. The Morgan fingerprint density at radius 3 is 1.79 bits per heavy atom. The van der Waals surface area contributed by atoms with Gasteiger partial charge in [0.05, 0.1) is 6.16 Å². The van der Waals surface area contributed by atoms with E-state index in [1.165, 1.54) is 29.9 Å². The molecular formula is C25H28BrO2P. The van der Waals surface area contributed by atoms with Crippen LogP contribution in [-0.2, 0) is 0 Å². The van der Waals surface area contributed by atoms with Crippen molar-refractivity contribution in [2.24, 2.45) is 0 Å². The van der Waals surface area contributed by atoms with E-state index in [1.807, 2.05) is 30.3 Å². The lowest BCUT2D eigenvalue weighted by Gasteiger charge is -2.28. The van der Waals surface area contributed by atoms with E-state index >= 15 is 0 Å². The van der Waals surface area contributed by atoms with Crippen molar-refractivity contribution in [2.75, 3.05) is 6.16 Å². The van der Waals surface area contributed by atoms with Gasteiger partial charge in [0.1, 0.15) is 28.7 Å². The molecule has 0 saturated carbocycles. The number of carbonyl (C=O) groups is 1. The van der Waals surface area contributed by atoms with Crippen LogP contribution >= 0.6 is 7.26 Å². The number of hydrogen-bond donors (Lipinski definition) is 1. The third-order valence-corrected chi connectivity index (χ3v) is 9.85. The van der Waals surface area contributed by atoms with Crippen molar-refractivity contribution in [3.05, 3.63) is 90.5 Å². The maximum Gasteiger partial charge on any atom is 0.339 e. The summed E-state index contributed by atoms with van der Waals surface area (Å²) < 4.78 is 0. The normalized spacial score (nSPS) is 10.9. The Morgan fingerprint density at radius 2 is 1.28 bits per heavy atom. The summed E-state index contributed by atoms with van der Waals surface area (Å²) in [5.41, 5.74) is 0.430. The Hall–Kier alpha value is -1.96. The quantitative estimate of drug-likeness (QED) is 0.384. The van der Waals surface area contributed by atoms with Gasteiger partial charge in [-0.15, -0.1) is 0 Å². The molecule has 0 fully saturated rings. The molecule has 0 heterocycles. The summed E-state index contributed by atoms with van der Waals surface area (Å²) in [6.45, 7) is 2.22. The van der Waals surface area contributed by atoms with E-state index < -0.39 is 13.2 Å². The number of unbranched alkanes of at least 4 members (excludes halogenated alkanes) is 3. The molecule has 29 heavy (non-hydrogen) atoms. The summed E-state index contributed by atoms with van der Waals surface area (Å²) in [5.74, 6) is -0.847. The van der Waals surface area contributed by atoms with Crippen molar-refractivity contribution in [1.82, 2.24) is 0 Å². The summed E-state index contributed by atoms with van der Waals surface area (Å²) >= 11 is 0. The molecule has 0 aliphatic carbocycles. The van der Waals surface area contributed by atoms with Crippen molar-refractivity contribution in [1.29, 1.82) is 0 Å². The van der Waals surface area contributed by atoms with Crippen LogP contribution in [0.25, 0.3) is 0 Å². The van der Waals surface area contributed by atoms with Gasteiger partial charge in [-0.1, -0.05) is 68.3 Å². The van der Waals surface area contributed by atoms with Crippen molar-refractivity contribution in [3.8, 4) is 0 Å². The molecule has 0 unspecified atom stereocenters. The zero-order chi connectivity index (χ0) is 19.8. The van der Waals surface area contributed by atoms with Crippen molar-refractivity contribution >= 4 is 29.1 Å². The second kappa shape index (κ2) is 11.3. The Bertz CT molecular complexity index is 857. The Balaban J connectivity index is 0.00000300. The highest BCUT2D eigenvalue weighted by Gasteiger charge is 2.46. The summed E-state index contributed by atoms with van der Waals surface area (Å²) in [6.07, 6.45) is 5.66. The van der Waals surface area contributed by atoms with Gasteiger partial charge < -0.3 is 22.1 Å². The van der Waals surface area contributed by atoms with Gasteiger partial charge in [0, 0.05) is 0 Å². The summed E-state index contributed by atoms with van der Waals surface area (Å²) in [5, 5.41) is 13.4. The van der Waals surface area contributed by atoms with Crippen LogP contribution < -0.4 is 32.9 Å². The minimum absolute atomic E-state index is 0. The number of hydrogen-bond acceptors (Lipinski definition) is 1. The van der Waals surface area contributed by atoms with Crippen LogP contribution in [0.4, 0.5) is 0 Å². The molecule has 3 aromatic carbocycles. The van der Waals surface area contributed by atoms with E-state index in [0.717, 1.165) is 17.9 Å². The van der Waals surface area contributed by atoms with Gasteiger partial charge in [-0.05, 0) is 49.2 Å². The van der Waals surface area contributed by atoms with Gasteiger partial charge in [-0.25, -0.2) is 4.79 Å². The van der Waals surface area contributed by atoms with Crippen LogP contribution in [-0.4, -0.2) is 17.2 Å². The molecular weight excluding hydrogens is 443 g/mol. The molecule has 4 heteroatoms. The molecule has 0 spiro atoms. The van der Waals surface area contributed by atoms with Crippen LogP contribution in [0.15, 0.2) is 84.9 Å². The molecule has 1 N–H and O–H groups in total. The predicted molar refractivity (Wildman–Crippen MR) is 121 cm³/mol. The summed E-state index contributed by atoms with van der Waals surface area (Å²) in [6, 6.07) is 28.7. The van der Waals surface area contributed by atoms with E-state index in [9.17, 15) is 9.90 Å². The largest absolute Gasteiger partial charge is 1.00 e. The highest BCUT2D eigenvalue weighted by atomic mass is 79.9. The second-order valence-electron chi connectivity index (χ2n) is 7.09. The Kier molecular flexibility index (Phi) is 9.07. The van der Waals surface area contributed by atoms with Gasteiger partial charge in [-0.3, -0.25) is 0 Å². The van der Waals surface area contributed by atoms with E-state index in [1.54, 1.807) is 6.07 Å². The SMILES string of the molecule is CCCCCC[P+](c1ccccc1)(c1ccccc1)c1ccccc1C(=O)O.[Br-]. The Labute approximate surface area is 185 Å². The first-order chi connectivity index (χ1) is 13.7. The molecule has 0 aliphatic heterocycles. The molecule has 0 amide bonds. The molecule has 0 atom stereocenters. The number of benzene rings is 3. The number of carboxylic acids is 1. The molecule has 0 bridgehead atoms. The average Bonchev–Trinajstić information content (AvgIpc) is 2.75. The van der Waals surface area contributed by atoms with E-state index in [4.69, 9.17) is 0 Å². The maximum absolute atomic E-state index is 12.1. The molecule has 3 rings (SSSR count). The first kappa shape index (κ1) is 23.3. The third-order valence-electron chi connectivity index (χ3n) is 5.29. The second-order valence-corrected chi connectivity index (χ2v) is 10.7. The molecule has 0 aromatic heterocycles. The van der Waals surface area contributed by atoms with Crippen LogP contribution in [0.2, 0.25) is 0 Å². The topological polar surface area (TPSA) is 37.3 Å². The lowest BCUT2D eigenvalue weighted by molar-refractivity contribution is -0.0000211. The molecule has 0 aliphatic rings. The molecule has 152 valence electrons. The fourth-order valence-corrected chi connectivity index (χ4v) is 8.53. The Morgan fingerprint density at radius 1 is 0.759 bits per heavy atom. The predicted octanol–water partition coefficient (Wildman–Crippen LogP) is 2.26. The highest BCUT2D eigenvalue weighted by Crippen LogP contribution is 2.56. The van der Waals surface area contributed by atoms with Crippen LogP contribution in [0, 0.1) is 0 Å². The fraction of sp³-hybridized carbons (Fsp3) is 0.240. The molecule has 0 saturated heterocycles. The van der Waals surface area contributed by atoms with Gasteiger partial charge in [0.15, 0.2) is 0 Å².